The maximum atomic E-state index is 5.77. The van der Waals surface area contributed by atoms with Gasteiger partial charge in [-0.25, -0.2) is 0 Å². The van der Waals surface area contributed by atoms with Crippen LogP contribution >= 0.6 is 22.6 Å². The van der Waals surface area contributed by atoms with Crippen molar-refractivity contribution in [2.45, 2.75) is 24.8 Å². The molecule has 0 bridgehead atoms. The standard InChI is InChI=1S/C18H20INO/c1-20-17(14-5-4-6-15(19)11-14)12-13-9-10-21-18-8-3-2-7-16(13)18/h2-8,11,13,17,20H,9-10,12H2,1H3. The van der Waals surface area contributed by atoms with E-state index in [-0.39, 0.29) is 0 Å². The fourth-order valence-electron chi connectivity index (χ4n) is 3.09. The molecule has 0 saturated carbocycles. The summed E-state index contributed by atoms with van der Waals surface area (Å²) in [5, 5.41) is 3.48. The van der Waals surface area contributed by atoms with Crippen LogP contribution in [0.15, 0.2) is 48.5 Å². The third kappa shape index (κ3) is 3.40. The molecule has 3 rings (SSSR count). The van der Waals surface area contributed by atoms with E-state index in [1.165, 1.54) is 14.7 Å². The second-order valence-electron chi connectivity index (χ2n) is 5.50. The van der Waals surface area contributed by atoms with E-state index in [1.807, 2.05) is 0 Å². The molecule has 2 aromatic carbocycles. The van der Waals surface area contributed by atoms with E-state index in [1.54, 1.807) is 0 Å². The molecule has 0 radical (unpaired) electrons. The first-order valence-electron chi connectivity index (χ1n) is 7.42. The van der Waals surface area contributed by atoms with Gasteiger partial charge in [0.1, 0.15) is 5.75 Å². The third-order valence-electron chi connectivity index (χ3n) is 4.20. The monoisotopic (exact) mass is 393 g/mol. The van der Waals surface area contributed by atoms with Gasteiger partial charge in [0.15, 0.2) is 0 Å². The summed E-state index contributed by atoms with van der Waals surface area (Å²) < 4.78 is 7.06. The number of fused-ring (bicyclic) bond motifs is 1. The van der Waals surface area contributed by atoms with Gasteiger partial charge in [-0.05, 0) is 77.7 Å². The summed E-state index contributed by atoms with van der Waals surface area (Å²) >= 11 is 2.38. The minimum atomic E-state index is 0.385. The van der Waals surface area contributed by atoms with Gasteiger partial charge in [0.2, 0.25) is 0 Å². The Morgan fingerprint density at radius 1 is 1.24 bits per heavy atom. The van der Waals surface area contributed by atoms with Crippen molar-refractivity contribution in [1.29, 1.82) is 0 Å². The lowest BCUT2D eigenvalue weighted by Crippen LogP contribution is -2.22. The largest absolute Gasteiger partial charge is 0.493 e. The van der Waals surface area contributed by atoms with Crippen LogP contribution in [0.25, 0.3) is 0 Å². The highest BCUT2D eigenvalue weighted by Gasteiger charge is 2.24. The molecule has 1 heterocycles. The lowest BCUT2D eigenvalue weighted by molar-refractivity contribution is 0.256. The van der Waals surface area contributed by atoms with E-state index in [0.29, 0.717) is 12.0 Å². The molecule has 0 aromatic heterocycles. The van der Waals surface area contributed by atoms with E-state index < -0.39 is 0 Å². The van der Waals surface area contributed by atoms with E-state index in [2.05, 4.69) is 83.5 Å². The van der Waals surface area contributed by atoms with Gasteiger partial charge < -0.3 is 10.1 Å². The number of halogens is 1. The predicted octanol–water partition coefficient (Wildman–Crippen LogP) is 4.51. The van der Waals surface area contributed by atoms with Gasteiger partial charge in [0.05, 0.1) is 6.61 Å². The molecule has 0 fully saturated rings. The minimum absolute atomic E-state index is 0.385. The molecule has 1 aliphatic heterocycles. The predicted molar refractivity (Wildman–Crippen MR) is 94.9 cm³/mol. The van der Waals surface area contributed by atoms with Crippen molar-refractivity contribution in [3.05, 3.63) is 63.2 Å². The average molecular weight is 393 g/mol. The van der Waals surface area contributed by atoms with Crippen molar-refractivity contribution in [2.24, 2.45) is 0 Å². The first-order chi connectivity index (χ1) is 10.3. The van der Waals surface area contributed by atoms with Crippen molar-refractivity contribution < 1.29 is 4.74 Å². The molecule has 1 aliphatic rings. The van der Waals surface area contributed by atoms with Crippen molar-refractivity contribution in [1.82, 2.24) is 5.32 Å². The Balaban J connectivity index is 1.82. The summed E-state index contributed by atoms with van der Waals surface area (Å²) in [4.78, 5) is 0. The number of hydrogen-bond donors (Lipinski definition) is 1. The molecule has 3 heteroatoms. The molecule has 0 spiro atoms. The van der Waals surface area contributed by atoms with Crippen LogP contribution in [0.3, 0.4) is 0 Å². The molecular weight excluding hydrogens is 373 g/mol. The molecule has 21 heavy (non-hydrogen) atoms. The smallest absolute Gasteiger partial charge is 0.122 e. The van der Waals surface area contributed by atoms with Crippen LogP contribution in [0.2, 0.25) is 0 Å². The number of rotatable bonds is 4. The highest BCUT2D eigenvalue weighted by atomic mass is 127. The molecule has 2 atom stereocenters. The fourth-order valence-corrected chi connectivity index (χ4v) is 3.66. The van der Waals surface area contributed by atoms with Crippen LogP contribution in [0, 0.1) is 3.57 Å². The van der Waals surface area contributed by atoms with Gasteiger partial charge in [-0.2, -0.15) is 0 Å². The summed E-state index contributed by atoms with van der Waals surface area (Å²) in [5.41, 5.74) is 2.73. The summed E-state index contributed by atoms with van der Waals surface area (Å²) in [5.74, 6) is 1.62. The zero-order valence-corrected chi connectivity index (χ0v) is 14.3. The minimum Gasteiger partial charge on any atom is -0.493 e. The van der Waals surface area contributed by atoms with Crippen molar-refractivity contribution in [3.8, 4) is 5.75 Å². The van der Waals surface area contributed by atoms with Crippen LogP contribution in [0.5, 0.6) is 5.75 Å². The van der Waals surface area contributed by atoms with Gasteiger partial charge >= 0.3 is 0 Å². The Hall–Kier alpha value is -1.07. The zero-order valence-electron chi connectivity index (χ0n) is 12.2. The number of benzene rings is 2. The second kappa shape index (κ2) is 6.79. The molecule has 2 nitrogen and oxygen atoms in total. The Bertz CT molecular complexity index is 614. The van der Waals surface area contributed by atoms with E-state index in [0.717, 1.165) is 25.2 Å². The second-order valence-corrected chi connectivity index (χ2v) is 6.75. The Morgan fingerprint density at radius 3 is 2.90 bits per heavy atom. The maximum Gasteiger partial charge on any atom is 0.122 e. The maximum absolute atomic E-state index is 5.77. The van der Waals surface area contributed by atoms with Crippen molar-refractivity contribution >= 4 is 22.6 Å². The summed E-state index contributed by atoms with van der Waals surface area (Å²) in [6.45, 7) is 0.824. The highest BCUT2D eigenvalue weighted by molar-refractivity contribution is 14.1. The van der Waals surface area contributed by atoms with Gasteiger partial charge in [-0.1, -0.05) is 30.3 Å². The quantitative estimate of drug-likeness (QED) is 0.772. The van der Waals surface area contributed by atoms with Gasteiger partial charge in [-0.15, -0.1) is 0 Å². The molecule has 0 aliphatic carbocycles. The lowest BCUT2D eigenvalue weighted by atomic mass is 9.85. The number of para-hydroxylation sites is 1. The Morgan fingerprint density at radius 2 is 2.10 bits per heavy atom. The molecule has 1 N–H and O–H groups in total. The van der Waals surface area contributed by atoms with Gasteiger partial charge in [-0.3, -0.25) is 0 Å². The molecular formula is C18H20INO. The van der Waals surface area contributed by atoms with Gasteiger partial charge in [0.25, 0.3) is 0 Å². The Labute approximate surface area is 140 Å². The van der Waals surface area contributed by atoms with Gasteiger partial charge in [0, 0.05) is 9.61 Å². The lowest BCUT2D eigenvalue weighted by Gasteiger charge is -2.29. The zero-order chi connectivity index (χ0) is 14.7. The topological polar surface area (TPSA) is 21.3 Å². The van der Waals surface area contributed by atoms with Crippen LogP contribution < -0.4 is 10.1 Å². The first-order valence-corrected chi connectivity index (χ1v) is 8.50. The van der Waals surface area contributed by atoms with Crippen LogP contribution in [0.1, 0.15) is 35.9 Å². The summed E-state index contributed by atoms with van der Waals surface area (Å²) in [6, 6.07) is 17.6. The molecule has 0 amide bonds. The summed E-state index contributed by atoms with van der Waals surface area (Å²) in [6.07, 6.45) is 2.20. The molecule has 2 aromatic rings. The van der Waals surface area contributed by atoms with E-state index in [4.69, 9.17) is 4.74 Å². The molecule has 0 saturated heterocycles. The van der Waals surface area contributed by atoms with Crippen LogP contribution in [0.4, 0.5) is 0 Å². The number of hydrogen-bond acceptors (Lipinski definition) is 2. The van der Waals surface area contributed by atoms with Crippen molar-refractivity contribution in [3.63, 3.8) is 0 Å². The van der Waals surface area contributed by atoms with Crippen LogP contribution in [-0.4, -0.2) is 13.7 Å². The average Bonchev–Trinajstić information content (AvgIpc) is 2.52. The molecule has 2 unspecified atom stereocenters. The van der Waals surface area contributed by atoms with Crippen LogP contribution in [-0.2, 0) is 0 Å². The number of ether oxygens (including phenoxy) is 1. The normalized spacial score (nSPS) is 18.7. The van der Waals surface area contributed by atoms with E-state index in [9.17, 15) is 0 Å². The summed E-state index contributed by atoms with van der Waals surface area (Å²) in [7, 11) is 2.05. The fraction of sp³-hybridized carbons (Fsp3) is 0.333. The van der Waals surface area contributed by atoms with E-state index >= 15 is 0 Å². The first kappa shape index (κ1) is 14.9. The Kier molecular flexibility index (Phi) is 4.80. The van der Waals surface area contributed by atoms with Crippen molar-refractivity contribution in [2.75, 3.05) is 13.7 Å². The third-order valence-corrected chi connectivity index (χ3v) is 4.87. The number of nitrogens with one attached hydrogen (secondary N) is 1. The molecule has 110 valence electrons. The highest BCUT2D eigenvalue weighted by Crippen LogP contribution is 2.38. The SMILES string of the molecule is CNC(CC1CCOc2ccccc21)c1cccc(I)c1.